The second kappa shape index (κ2) is 6.09. The first-order valence-electron chi connectivity index (χ1n) is 5.75. The molecular weight excluding hydrogens is 278 g/mol. The van der Waals surface area contributed by atoms with Gasteiger partial charge in [0.05, 0.1) is 11.6 Å². The minimum absolute atomic E-state index is 0.0584. The van der Waals surface area contributed by atoms with E-state index in [9.17, 15) is 9.90 Å². The molecule has 0 heterocycles. The zero-order valence-electron chi connectivity index (χ0n) is 10.3. The summed E-state index contributed by atoms with van der Waals surface area (Å²) in [5.41, 5.74) is 1.35. The fourth-order valence-electron chi connectivity index (χ4n) is 1.58. The van der Waals surface area contributed by atoms with Gasteiger partial charge in [-0.15, -0.1) is 0 Å². The number of hydrogen-bond donors (Lipinski definition) is 1. The average molecular weight is 288 g/mol. The summed E-state index contributed by atoms with van der Waals surface area (Å²) in [6.07, 6.45) is 0. The van der Waals surface area contributed by atoms with Crippen molar-refractivity contribution in [1.82, 2.24) is 0 Å². The lowest BCUT2D eigenvalue weighted by Crippen LogP contribution is -2.05. The van der Waals surface area contributed by atoms with Gasteiger partial charge < -0.3 is 9.84 Å². The van der Waals surface area contributed by atoms with E-state index in [4.69, 9.17) is 21.6 Å². The maximum atomic E-state index is 11.8. The van der Waals surface area contributed by atoms with Gasteiger partial charge in [0, 0.05) is 5.02 Å². The topological polar surface area (TPSA) is 70.3 Å². The summed E-state index contributed by atoms with van der Waals surface area (Å²) >= 11 is 5.68. The van der Waals surface area contributed by atoms with E-state index in [0.717, 1.165) is 5.56 Å². The number of ether oxygens (including phenoxy) is 1. The van der Waals surface area contributed by atoms with Gasteiger partial charge in [-0.05, 0) is 35.9 Å². The quantitative estimate of drug-likeness (QED) is 0.880. The molecule has 100 valence electrons. The molecule has 0 aliphatic heterocycles. The van der Waals surface area contributed by atoms with E-state index < -0.39 is 5.97 Å². The van der Waals surface area contributed by atoms with Crippen molar-refractivity contribution >= 4 is 17.6 Å². The van der Waals surface area contributed by atoms with Gasteiger partial charge in [0.1, 0.15) is 17.9 Å². The Morgan fingerprint density at radius 2 is 1.95 bits per heavy atom. The van der Waals surface area contributed by atoms with Crippen LogP contribution in [0.1, 0.15) is 21.5 Å². The first-order chi connectivity index (χ1) is 9.60. The molecule has 0 aromatic heterocycles. The monoisotopic (exact) mass is 287 g/mol. The smallest absolute Gasteiger partial charge is 0.342 e. The van der Waals surface area contributed by atoms with Gasteiger partial charge in [0.25, 0.3) is 0 Å². The van der Waals surface area contributed by atoms with Crippen LogP contribution in [0.5, 0.6) is 5.75 Å². The largest absolute Gasteiger partial charge is 0.507 e. The molecule has 2 aromatic rings. The fraction of sp³-hybridized carbons (Fsp3) is 0.0667. The lowest BCUT2D eigenvalue weighted by atomic mass is 10.1. The maximum Gasteiger partial charge on any atom is 0.342 e. The molecule has 0 aliphatic rings. The summed E-state index contributed by atoms with van der Waals surface area (Å²) in [5.74, 6) is -0.856. The number of halogens is 1. The molecule has 0 aliphatic carbocycles. The van der Waals surface area contributed by atoms with E-state index in [1.165, 1.54) is 18.2 Å². The number of carbonyl (C=O) groups excluding carboxylic acids is 1. The van der Waals surface area contributed by atoms with Crippen molar-refractivity contribution in [3.8, 4) is 11.8 Å². The normalized spacial score (nSPS) is 9.80. The van der Waals surface area contributed by atoms with Crippen molar-refractivity contribution in [3.63, 3.8) is 0 Å². The minimum atomic E-state index is -0.636. The molecule has 5 heteroatoms. The Balaban J connectivity index is 2.03. The number of phenolic OH excluding ortho intramolecular Hbond substituents is 1. The molecule has 1 N–H and O–H groups in total. The highest BCUT2D eigenvalue weighted by molar-refractivity contribution is 6.30. The molecule has 0 amide bonds. The predicted octanol–water partition coefficient (Wildman–Crippen LogP) is 3.27. The molecule has 2 aromatic carbocycles. The highest BCUT2D eigenvalue weighted by Gasteiger charge is 2.12. The maximum absolute atomic E-state index is 11.8. The molecule has 0 unspecified atom stereocenters. The van der Waals surface area contributed by atoms with Crippen LogP contribution in [0.2, 0.25) is 5.02 Å². The highest BCUT2D eigenvalue weighted by Crippen LogP contribution is 2.22. The molecule has 0 spiro atoms. The molecule has 0 radical (unpaired) electrons. The SMILES string of the molecule is N#Cc1ccc(COC(=O)c2ccc(Cl)cc2O)cc1. The fourth-order valence-corrected chi connectivity index (χ4v) is 1.75. The van der Waals surface area contributed by atoms with Crippen LogP contribution >= 0.6 is 11.6 Å². The third-order valence-electron chi connectivity index (χ3n) is 2.63. The Labute approximate surface area is 120 Å². The predicted molar refractivity (Wildman–Crippen MR) is 73.4 cm³/mol. The molecular formula is C15H10ClNO3. The third kappa shape index (κ3) is 3.28. The number of aromatic hydroxyl groups is 1. The molecule has 0 atom stereocenters. The van der Waals surface area contributed by atoms with E-state index >= 15 is 0 Å². The zero-order chi connectivity index (χ0) is 14.5. The Bertz CT molecular complexity index is 675. The zero-order valence-corrected chi connectivity index (χ0v) is 11.1. The van der Waals surface area contributed by atoms with Crippen LogP contribution in [0.25, 0.3) is 0 Å². The van der Waals surface area contributed by atoms with Crippen molar-refractivity contribution in [2.24, 2.45) is 0 Å². The molecule has 2 rings (SSSR count). The second-order valence-electron chi connectivity index (χ2n) is 4.05. The van der Waals surface area contributed by atoms with Crippen molar-refractivity contribution in [2.45, 2.75) is 6.61 Å². The molecule has 0 saturated carbocycles. The first-order valence-corrected chi connectivity index (χ1v) is 6.12. The number of benzene rings is 2. The Morgan fingerprint density at radius 3 is 2.55 bits per heavy atom. The van der Waals surface area contributed by atoms with Crippen LogP contribution in [0.4, 0.5) is 0 Å². The standard InChI is InChI=1S/C15H10ClNO3/c16-12-5-6-13(14(18)7-12)15(19)20-9-11-3-1-10(8-17)2-4-11/h1-7,18H,9H2. The number of nitriles is 1. The number of esters is 1. The van der Waals surface area contributed by atoms with Crippen LogP contribution in [0.15, 0.2) is 42.5 Å². The van der Waals surface area contributed by atoms with Gasteiger partial charge >= 0.3 is 5.97 Å². The van der Waals surface area contributed by atoms with Crippen LogP contribution in [0, 0.1) is 11.3 Å². The number of phenols is 1. The van der Waals surface area contributed by atoms with Crippen molar-refractivity contribution < 1.29 is 14.6 Å². The second-order valence-corrected chi connectivity index (χ2v) is 4.48. The van der Waals surface area contributed by atoms with E-state index in [0.29, 0.717) is 10.6 Å². The number of nitrogens with zero attached hydrogens (tertiary/aromatic N) is 1. The van der Waals surface area contributed by atoms with E-state index in [1.807, 2.05) is 6.07 Å². The van der Waals surface area contributed by atoms with Crippen molar-refractivity contribution in [2.75, 3.05) is 0 Å². The third-order valence-corrected chi connectivity index (χ3v) is 2.87. The number of hydrogen-bond acceptors (Lipinski definition) is 4. The molecule has 0 fully saturated rings. The van der Waals surface area contributed by atoms with Crippen LogP contribution in [0.3, 0.4) is 0 Å². The number of carbonyl (C=O) groups is 1. The Kier molecular flexibility index (Phi) is 4.24. The lowest BCUT2D eigenvalue weighted by molar-refractivity contribution is 0.0469. The van der Waals surface area contributed by atoms with Crippen molar-refractivity contribution in [1.29, 1.82) is 5.26 Å². The minimum Gasteiger partial charge on any atom is -0.507 e. The molecule has 0 bridgehead atoms. The summed E-state index contributed by atoms with van der Waals surface area (Å²) in [6.45, 7) is 0.0621. The summed E-state index contributed by atoms with van der Waals surface area (Å²) in [5, 5.41) is 18.6. The summed E-state index contributed by atoms with van der Waals surface area (Å²) in [6, 6.07) is 12.9. The summed E-state index contributed by atoms with van der Waals surface area (Å²) < 4.78 is 5.08. The van der Waals surface area contributed by atoms with Crippen LogP contribution < -0.4 is 0 Å². The average Bonchev–Trinajstić information content (AvgIpc) is 2.45. The van der Waals surface area contributed by atoms with Gasteiger partial charge in [-0.1, -0.05) is 23.7 Å². The summed E-state index contributed by atoms with van der Waals surface area (Å²) in [4.78, 5) is 11.8. The molecule has 20 heavy (non-hydrogen) atoms. The van der Waals surface area contributed by atoms with E-state index in [1.54, 1.807) is 24.3 Å². The lowest BCUT2D eigenvalue weighted by Gasteiger charge is -2.06. The van der Waals surface area contributed by atoms with E-state index in [-0.39, 0.29) is 17.9 Å². The van der Waals surface area contributed by atoms with Gasteiger partial charge in [0.2, 0.25) is 0 Å². The Morgan fingerprint density at radius 1 is 1.25 bits per heavy atom. The highest BCUT2D eigenvalue weighted by atomic mass is 35.5. The van der Waals surface area contributed by atoms with Gasteiger partial charge in [0.15, 0.2) is 0 Å². The molecule has 0 saturated heterocycles. The van der Waals surface area contributed by atoms with Gasteiger partial charge in [-0.25, -0.2) is 4.79 Å². The van der Waals surface area contributed by atoms with Gasteiger partial charge in [-0.2, -0.15) is 5.26 Å². The number of rotatable bonds is 3. The van der Waals surface area contributed by atoms with E-state index in [2.05, 4.69) is 0 Å². The van der Waals surface area contributed by atoms with Gasteiger partial charge in [-0.3, -0.25) is 0 Å². The summed E-state index contributed by atoms with van der Waals surface area (Å²) in [7, 11) is 0. The first kappa shape index (κ1) is 13.9. The van der Waals surface area contributed by atoms with Crippen LogP contribution in [-0.4, -0.2) is 11.1 Å². The Hall–Kier alpha value is -2.51. The van der Waals surface area contributed by atoms with Crippen molar-refractivity contribution in [3.05, 3.63) is 64.2 Å². The molecule has 4 nitrogen and oxygen atoms in total. The van der Waals surface area contributed by atoms with Crippen LogP contribution in [-0.2, 0) is 11.3 Å².